The van der Waals surface area contributed by atoms with Crippen molar-refractivity contribution < 1.29 is 13.2 Å². The van der Waals surface area contributed by atoms with Gasteiger partial charge in [-0.15, -0.1) is 0 Å². The molecule has 2 aromatic rings. The van der Waals surface area contributed by atoms with Gasteiger partial charge in [-0.2, -0.15) is 0 Å². The number of rotatable bonds is 3. The molecular weight excluding hydrogens is 304 g/mol. The van der Waals surface area contributed by atoms with E-state index in [9.17, 15) is 13.2 Å². The number of hydrazine groups is 1. The highest BCUT2D eigenvalue weighted by atomic mass is 35.5. The van der Waals surface area contributed by atoms with E-state index in [0.717, 1.165) is 3.97 Å². The van der Waals surface area contributed by atoms with Crippen molar-refractivity contribution in [3.63, 3.8) is 0 Å². The largest absolute Gasteiger partial charge is 0.398 e. The second kappa shape index (κ2) is 5.16. The van der Waals surface area contributed by atoms with E-state index < -0.39 is 15.9 Å². The zero-order valence-corrected chi connectivity index (χ0v) is 11.6. The Morgan fingerprint density at radius 3 is 2.65 bits per heavy atom. The van der Waals surface area contributed by atoms with Crippen LogP contribution < -0.4 is 17.0 Å². The maximum atomic E-state index is 12.5. The maximum absolute atomic E-state index is 12.5. The van der Waals surface area contributed by atoms with Crippen molar-refractivity contribution in [2.24, 2.45) is 5.84 Å². The predicted molar refractivity (Wildman–Crippen MR) is 74.5 cm³/mol. The van der Waals surface area contributed by atoms with Crippen LogP contribution in [-0.4, -0.2) is 18.3 Å². The Morgan fingerprint density at radius 2 is 2.00 bits per heavy atom. The van der Waals surface area contributed by atoms with Gasteiger partial charge in [0.15, 0.2) is 0 Å². The molecule has 0 spiro atoms. The van der Waals surface area contributed by atoms with E-state index in [0.29, 0.717) is 0 Å². The lowest BCUT2D eigenvalue weighted by atomic mass is 10.3. The fourth-order valence-corrected chi connectivity index (χ4v) is 3.39. The molecule has 0 aliphatic rings. The summed E-state index contributed by atoms with van der Waals surface area (Å²) < 4.78 is 25.8. The molecule has 2 rings (SSSR count). The normalized spacial score (nSPS) is 11.3. The molecule has 1 aromatic carbocycles. The summed E-state index contributed by atoms with van der Waals surface area (Å²) in [6.45, 7) is 0. The first-order chi connectivity index (χ1) is 9.37. The molecule has 9 heteroatoms. The molecule has 0 aliphatic heterocycles. The number of nitrogens with two attached hydrogens (primary N) is 2. The van der Waals surface area contributed by atoms with Gasteiger partial charge in [-0.3, -0.25) is 10.2 Å². The van der Waals surface area contributed by atoms with Crippen molar-refractivity contribution >= 4 is 33.2 Å². The van der Waals surface area contributed by atoms with Crippen LogP contribution in [0.5, 0.6) is 0 Å². The molecule has 0 aliphatic carbocycles. The van der Waals surface area contributed by atoms with Crippen molar-refractivity contribution in [2.75, 3.05) is 5.73 Å². The third-order valence-corrected chi connectivity index (χ3v) is 4.57. The van der Waals surface area contributed by atoms with E-state index in [1.165, 1.54) is 36.5 Å². The van der Waals surface area contributed by atoms with Gasteiger partial charge in [0.05, 0.1) is 5.69 Å². The zero-order valence-electron chi connectivity index (χ0n) is 10.1. The van der Waals surface area contributed by atoms with Crippen LogP contribution in [0.4, 0.5) is 5.69 Å². The third-order valence-electron chi connectivity index (χ3n) is 2.59. The SMILES string of the molecule is NNC(=O)c1cccn1S(=O)(=O)c1cc(Cl)ccc1N. The second-order valence-corrected chi connectivity index (χ2v) is 6.07. The van der Waals surface area contributed by atoms with Crippen LogP contribution in [0.2, 0.25) is 5.02 Å². The number of carbonyl (C=O) groups excluding carboxylic acids is 1. The highest BCUT2D eigenvalue weighted by molar-refractivity contribution is 7.90. The van der Waals surface area contributed by atoms with Crippen LogP contribution in [0.1, 0.15) is 10.5 Å². The first-order valence-corrected chi connectivity index (χ1v) is 7.18. The molecule has 5 N–H and O–H groups in total. The summed E-state index contributed by atoms with van der Waals surface area (Å²) in [6, 6.07) is 6.79. The van der Waals surface area contributed by atoms with Crippen LogP contribution in [0.15, 0.2) is 41.4 Å². The van der Waals surface area contributed by atoms with Crippen molar-refractivity contribution in [1.82, 2.24) is 9.40 Å². The minimum atomic E-state index is -4.04. The van der Waals surface area contributed by atoms with E-state index in [2.05, 4.69) is 0 Å². The standard InChI is InChI=1S/C11H11ClN4O3S/c12-7-3-4-8(13)10(6-7)20(18,19)16-5-1-2-9(16)11(17)15-14/h1-6H,13-14H2,(H,15,17). The number of amides is 1. The number of halogens is 1. The molecule has 1 amide bonds. The lowest BCUT2D eigenvalue weighted by Gasteiger charge is -2.11. The van der Waals surface area contributed by atoms with Crippen LogP contribution in [0.3, 0.4) is 0 Å². The molecule has 0 saturated heterocycles. The van der Waals surface area contributed by atoms with Crippen molar-refractivity contribution in [3.8, 4) is 0 Å². The number of nitrogens with zero attached hydrogens (tertiary/aromatic N) is 1. The Bertz CT molecular complexity index is 770. The summed E-state index contributed by atoms with van der Waals surface area (Å²) in [6.07, 6.45) is 1.22. The Labute approximate surface area is 120 Å². The van der Waals surface area contributed by atoms with Gasteiger partial charge in [-0.05, 0) is 30.3 Å². The number of anilines is 1. The minimum Gasteiger partial charge on any atom is -0.398 e. The summed E-state index contributed by atoms with van der Waals surface area (Å²) in [4.78, 5) is 11.4. The molecule has 0 radical (unpaired) electrons. The number of nitrogens with one attached hydrogen (secondary N) is 1. The van der Waals surface area contributed by atoms with Gasteiger partial charge in [-0.25, -0.2) is 18.2 Å². The molecule has 1 heterocycles. The third kappa shape index (κ3) is 2.36. The van der Waals surface area contributed by atoms with E-state index in [4.69, 9.17) is 23.2 Å². The van der Waals surface area contributed by atoms with Crippen molar-refractivity contribution in [2.45, 2.75) is 4.90 Å². The maximum Gasteiger partial charge on any atom is 0.282 e. The molecule has 1 aromatic heterocycles. The predicted octanol–water partition coefficient (Wildman–Crippen LogP) is 0.564. The number of hydrogen-bond acceptors (Lipinski definition) is 5. The number of benzene rings is 1. The zero-order chi connectivity index (χ0) is 14.9. The number of hydrogen-bond donors (Lipinski definition) is 3. The second-order valence-electron chi connectivity index (χ2n) is 3.85. The quantitative estimate of drug-likeness (QED) is 0.331. The number of carbonyl (C=O) groups is 1. The highest BCUT2D eigenvalue weighted by Crippen LogP contribution is 2.25. The Balaban J connectivity index is 2.65. The average Bonchev–Trinajstić information content (AvgIpc) is 2.90. The Kier molecular flexibility index (Phi) is 3.71. The van der Waals surface area contributed by atoms with E-state index >= 15 is 0 Å². The van der Waals surface area contributed by atoms with Gasteiger partial charge >= 0.3 is 0 Å². The first kappa shape index (κ1) is 14.4. The summed E-state index contributed by atoms with van der Waals surface area (Å²) in [5, 5.41) is 0.217. The Hall–Kier alpha value is -2.03. The molecule has 20 heavy (non-hydrogen) atoms. The van der Waals surface area contributed by atoms with Gasteiger partial charge in [0, 0.05) is 11.2 Å². The van der Waals surface area contributed by atoms with E-state index in [-0.39, 0.29) is 21.3 Å². The fourth-order valence-electron chi connectivity index (χ4n) is 1.66. The molecule has 106 valence electrons. The molecule has 0 unspecified atom stereocenters. The summed E-state index contributed by atoms with van der Waals surface area (Å²) in [7, 11) is -4.04. The molecule has 0 fully saturated rings. The smallest absolute Gasteiger partial charge is 0.282 e. The van der Waals surface area contributed by atoms with Gasteiger partial charge < -0.3 is 5.73 Å². The van der Waals surface area contributed by atoms with E-state index in [1.807, 2.05) is 5.43 Å². The lowest BCUT2D eigenvalue weighted by molar-refractivity contribution is 0.0947. The van der Waals surface area contributed by atoms with Gasteiger partial charge in [-0.1, -0.05) is 11.6 Å². The van der Waals surface area contributed by atoms with Gasteiger partial charge in [0.1, 0.15) is 10.6 Å². The van der Waals surface area contributed by atoms with Gasteiger partial charge in [0.25, 0.3) is 15.9 Å². The highest BCUT2D eigenvalue weighted by Gasteiger charge is 2.24. The van der Waals surface area contributed by atoms with Crippen LogP contribution in [-0.2, 0) is 10.0 Å². The summed E-state index contributed by atoms with van der Waals surface area (Å²) in [5.74, 6) is 4.28. The number of aromatic nitrogens is 1. The summed E-state index contributed by atoms with van der Waals surface area (Å²) in [5.41, 5.74) is 7.44. The monoisotopic (exact) mass is 314 g/mol. The molecule has 0 bridgehead atoms. The fraction of sp³-hybridized carbons (Fsp3) is 0. The topological polar surface area (TPSA) is 120 Å². The molecule has 7 nitrogen and oxygen atoms in total. The molecule has 0 atom stereocenters. The van der Waals surface area contributed by atoms with Crippen molar-refractivity contribution in [1.29, 1.82) is 0 Å². The molecule has 0 saturated carbocycles. The molecular formula is C11H11ClN4O3S. The van der Waals surface area contributed by atoms with Crippen LogP contribution >= 0.6 is 11.6 Å². The van der Waals surface area contributed by atoms with Crippen LogP contribution in [0.25, 0.3) is 0 Å². The number of nitrogen functional groups attached to an aromatic ring is 2. The van der Waals surface area contributed by atoms with Crippen LogP contribution in [0, 0.1) is 0 Å². The summed E-state index contributed by atoms with van der Waals surface area (Å²) >= 11 is 5.79. The first-order valence-electron chi connectivity index (χ1n) is 5.37. The lowest BCUT2D eigenvalue weighted by Crippen LogP contribution is -2.33. The average molecular weight is 315 g/mol. The Morgan fingerprint density at radius 1 is 1.30 bits per heavy atom. The van der Waals surface area contributed by atoms with E-state index in [1.54, 1.807) is 0 Å². The van der Waals surface area contributed by atoms with Gasteiger partial charge in [0.2, 0.25) is 0 Å². The van der Waals surface area contributed by atoms with Crippen molar-refractivity contribution in [3.05, 3.63) is 47.2 Å². The minimum absolute atomic E-state index is 0.0298.